The van der Waals surface area contributed by atoms with Crippen molar-refractivity contribution in [3.05, 3.63) is 35.5 Å². The van der Waals surface area contributed by atoms with Gasteiger partial charge in [0, 0.05) is 19.0 Å². The minimum Gasteiger partial charge on any atom is -0.478 e. The number of ether oxygens (including phenoxy) is 1. The summed E-state index contributed by atoms with van der Waals surface area (Å²) in [7, 11) is 0. The number of fused-ring (bicyclic) bond motifs is 1. The van der Waals surface area contributed by atoms with Crippen LogP contribution in [-0.2, 0) is 19.3 Å². The number of aryl methyl sites for hydroxylation is 1. The van der Waals surface area contributed by atoms with E-state index in [1.807, 2.05) is 0 Å². The van der Waals surface area contributed by atoms with Crippen molar-refractivity contribution < 1.29 is 22.7 Å². The molecule has 3 rings (SSSR count). The molecular formula is C13H12F3N5O2. The molecule has 1 aliphatic heterocycles. The van der Waals surface area contributed by atoms with Crippen molar-refractivity contribution in [3.63, 3.8) is 0 Å². The smallest absolute Gasteiger partial charge is 0.434 e. The molecule has 0 saturated carbocycles. The summed E-state index contributed by atoms with van der Waals surface area (Å²) < 4.78 is 44.7. The molecule has 0 fully saturated rings. The summed E-state index contributed by atoms with van der Waals surface area (Å²) in [5.74, 6) is -0.144. The fraction of sp³-hybridized carbons (Fsp3) is 0.385. The van der Waals surface area contributed by atoms with Gasteiger partial charge in [-0.05, 0) is 0 Å². The summed E-state index contributed by atoms with van der Waals surface area (Å²) in [6.07, 6.45) is -2.26. The molecule has 0 aliphatic carbocycles. The van der Waals surface area contributed by atoms with Crippen molar-refractivity contribution in [2.75, 3.05) is 6.61 Å². The predicted molar refractivity (Wildman–Crippen MR) is 70.5 cm³/mol. The zero-order chi connectivity index (χ0) is 16.4. The molecule has 3 heterocycles. The van der Waals surface area contributed by atoms with Crippen LogP contribution in [0.3, 0.4) is 0 Å². The van der Waals surface area contributed by atoms with Crippen LogP contribution in [0.25, 0.3) is 0 Å². The maximum absolute atomic E-state index is 12.6. The van der Waals surface area contributed by atoms with Crippen molar-refractivity contribution in [1.82, 2.24) is 25.1 Å². The van der Waals surface area contributed by atoms with Crippen LogP contribution in [0.15, 0.2) is 18.5 Å². The quantitative estimate of drug-likeness (QED) is 0.922. The number of hydrogen-bond donors (Lipinski definition) is 1. The average Bonchev–Trinajstić information content (AvgIpc) is 2.95. The lowest BCUT2D eigenvalue weighted by Crippen LogP contribution is -2.25. The fourth-order valence-electron chi connectivity index (χ4n) is 2.08. The third-order valence-corrected chi connectivity index (χ3v) is 3.15. The highest BCUT2D eigenvalue weighted by atomic mass is 19.4. The van der Waals surface area contributed by atoms with E-state index in [1.165, 1.54) is 0 Å². The summed E-state index contributed by atoms with van der Waals surface area (Å²) in [6, 6.07) is 1.68. The van der Waals surface area contributed by atoms with Crippen LogP contribution in [0.5, 0.6) is 5.88 Å². The largest absolute Gasteiger partial charge is 0.478 e. The lowest BCUT2D eigenvalue weighted by atomic mass is 10.3. The molecule has 0 radical (unpaired) electrons. The average molecular weight is 327 g/mol. The summed E-state index contributed by atoms with van der Waals surface area (Å²) in [4.78, 5) is 18.6. The summed E-state index contributed by atoms with van der Waals surface area (Å²) >= 11 is 0. The van der Waals surface area contributed by atoms with E-state index < -0.39 is 23.5 Å². The van der Waals surface area contributed by atoms with Gasteiger partial charge in [0.25, 0.3) is 5.91 Å². The Morgan fingerprint density at radius 2 is 2.22 bits per heavy atom. The number of alkyl halides is 3. The second-order valence-electron chi connectivity index (χ2n) is 4.87. The fourth-order valence-corrected chi connectivity index (χ4v) is 2.08. The van der Waals surface area contributed by atoms with Crippen LogP contribution in [-0.4, -0.2) is 32.3 Å². The number of amides is 1. The van der Waals surface area contributed by atoms with Crippen molar-refractivity contribution in [1.29, 1.82) is 0 Å². The Hall–Kier alpha value is -2.65. The minimum atomic E-state index is -4.65. The first kappa shape index (κ1) is 15.3. The first-order valence-electron chi connectivity index (χ1n) is 6.80. The topological polar surface area (TPSA) is 81.9 Å². The maximum Gasteiger partial charge on any atom is 0.434 e. The monoisotopic (exact) mass is 327 g/mol. The molecule has 10 heteroatoms. The molecule has 2 aromatic heterocycles. The van der Waals surface area contributed by atoms with Gasteiger partial charge < -0.3 is 10.1 Å². The van der Waals surface area contributed by atoms with Gasteiger partial charge in [0.15, 0.2) is 5.69 Å². The molecule has 122 valence electrons. The highest BCUT2D eigenvalue weighted by molar-refractivity contribution is 5.91. The number of aromatic nitrogens is 4. The summed E-state index contributed by atoms with van der Waals surface area (Å²) in [5, 5.41) is 6.70. The molecule has 7 nitrogen and oxygen atoms in total. The Morgan fingerprint density at radius 3 is 2.96 bits per heavy atom. The number of carbonyl (C=O) groups excluding carboxylic acids is 1. The zero-order valence-electron chi connectivity index (χ0n) is 11.8. The number of nitrogens with zero attached hydrogens (tertiary/aromatic N) is 4. The molecule has 0 unspecified atom stereocenters. The third-order valence-electron chi connectivity index (χ3n) is 3.15. The van der Waals surface area contributed by atoms with Gasteiger partial charge in [-0.3, -0.25) is 9.78 Å². The number of hydrogen-bond acceptors (Lipinski definition) is 5. The van der Waals surface area contributed by atoms with Gasteiger partial charge in [-0.25, -0.2) is 9.67 Å². The summed E-state index contributed by atoms with van der Waals surface area (Å²) in [6.45, 7) is 1.39. The normalized spacial score (nSPS) is 14.0. The van der Waals surface area contributed by atoms with Gasteiger partial charge >= 0.3 is 6.18 Å². The van der Waals surface area contributed by atoms with Gasteiger partial charge in [0.2, 0.25) is 5.88 Å². The Kier molecular flexibility index (Phi) is 3.89. The molecule has 0 atom stereocenters. The molecular weight excluding hydrogens is 315 g/mol. The van der Waals surface area contributed by atoms with E-state index >= 15 is 0 Å². The van der Waals surface area contributed by atoms with E-state index in [0.29, 0.717) is 24.4 Å². The van der Waals surface area contributed by atoms with Crippen LogP contribution < -0.4 is 10.1 Å². The molecule has 0 saturated heterocycles. The predicted octanol–water partition coefficient (Wildman–Crippen LogP) is 1.40. The van der Waals surface area contributed by atoms with Crippen LogP contribution in [0.4, 0.5) is 13.2 Å². The SMILES string of the molecule is O=C(NCc1cc2n(n1)CCCO2)c1cncc(C(F)(F)F)n1. The molecule has 1 aliphatic rings. The van der Waals surface area contributed by atoms with Crippen LogP contribution in [0, 0.1) is 0 Å². The molecule has 0 bridgehead atoms. The maximum atomic E-state index is 12.6. The van der Waals surface area contributed by atoms with Crippen molar-refractivity contribution in [2.45, 2.75) is 25.7 Å². The number of rotatable bonds is 3. The van der Waals surface area contributed by atoms with E-state index in [-0.39, 0.29) is 6.54 Å². The van der Waals surface area contributed by atoms with E-state index in [4.69, 9.17) is 4.74 Å². The highest BCUT2D eigenvalue weighted by Gasteiger charge is 2.33. The van der Waals surface area contributed by atoms with E-state index in [9.17, 15) is 18.0 Å². The highest BCUT2D eigenvalue weighted by Crippen LogP contribution is 2.26. The van der Waals surface area contributed by atoms with Gasteiger partial charge in [-0.1, -0.05) is 0 Å². The third kappa shape index (κ3) is 3.41. The first-order valence-corrected chi connectivity index (χ1v) is 6.80. The number of nitrogens with one attached hydrogen (secondary N) is 1. The number of halogens is 3. The van der Waals surface area contributed by atoms with E-state index in [1.54, 1.807) is 10.7 Å². The molecule has 0 spiro atoms. The van der Waals surface area contributed by atoms with Crippen LogP contribution in [0.2, 0.25) is 0 Å². The van der Waals surface area contributed by atoms with E-state index in [2.05, 4.69) is 20.4 Å². The minimum absolute atomic E-state index is 0.0557. The Balaban J connectivity index is 1.66. The Morgan fingerprint density at radius 1 is 1.39 bits per heavy atom. The van der Waals surface area contributed by atoms with Crippen LogP contribution in [0.1, 0.15) is 28.3 Å². The zero-order valence-corrected chi connectivity index (χ0v) is 11.8. The lowest BCUT2D eigenvalue weighted by molar-refractivity contribution is -0.141. The van der Waals surface area contributed by atoms with Gasteiger partial charge in [-0.15, -0.1) is 0 Å². The molecule has 1 N–H and O–H groups in total. The van der Waals surface area contributed by atoms with Crippen molar-refractivity contribution in [3.8, 4) is 5.88 Å². The molecule has 2 aromatic rings. The Bertz CT molecular complexity index is 705. The molecule has 0 aromatic carbocycles. The van der Waals surface area contributed by atoms with Crippen molar-refractivity contribution in [2.24, 2.45) is 0 Å². The van der Waals surface area contributed by atoms with Gasteiger partial charge in [-0.2, -0.15) is 18.3 Å². The van der Waals surface area contributed by atoms with E-state index in [0.717, 1.165) is 19.2 Å². The molecule has 23 heavy (non-hydrogen) atoms. The second kappa shape index (κ2) is 5.86. The van der Waals surface area contributed by atoms with Crippen molar-refractivity contribution >= 4 is 5.91 Å². The second-order valence-corrected chi connectivity index (χ2v) is 4.87. The summed E-state index contributed by atoms with van der Waals surface area (Å²) in [5.41, 5.74) is -1.06. The van der Waals surface area contributed by atoms with Gasteiger partial charge in [0.1, 0.15) is 5.69 Å². The first-order chi connectivity index (χ1) is 10.9. The standard InChI is InChI=1S/C13H12F3N5O2/c14-13(15,16)10-7-17-6-9(19-10)12(22)18-5-8-4-11-21(20-8)2-1-3-23-11/h4,6-7H,1-3,5H2,(H,18,22). The number of carbonyl (C=O) groups is 1. The Labute approximate surface area is 128 Å². The lowest BCUT2D eigenvalue weighted by Gasteiger charge is -2.13. The molecule has 1 amide bonds. The van der Waals surface area contributed by atoms with Gasteiger partial charge in [0.05, 0.1) is 31.2 Å². The van der Waals surface area contributed by atoms with Crippen LogP contribution >= 0.6 is 0 Å².